The number of benzene rings is 3. The van der Waals surface area contributed by atoms with Crippen molar-refractivity contribution in [3.8, 4) is 0 Å². The number of hydrogen-bond donors (Lipinski definition) is 3. The fourth-order valence-electron chi connectivity index (χ4n) is 2.96. The van der Waals surface area contributed by atoms with Crippen LogP contribution >= 0.6 is 0 Å². The zero-order valence-electron chi connectivity index (χ0n) is 18.3. The number of para-hydroxylation sites is 1. The molecule has 0 aliphatic carbocycles. The molecular weight excluding hydrogens is 458 g/mol. The van der Waals surface area contributed by atoms with Gasteiger partial charge in [-0.1, -0.05) is 42.0 Å². The average molecular weight is 482 g/mol. The third-order valence-corrected chi connectivity index (χ3v) is 5.70. The molecule has 3 aromatic carbocycles. The Kier molecular flexibility index (Phi) is 7.77. The van der Waals surface area contributed by atoms with Crippen LogP contribution in [0.25, 0.3) is 0 Å². The summed E-state index contributed by atoms with van der Waals surface area (Å²) in [6, 6.07) is 19.0. The highest BCUT2D eigenvalue weighted by Gasteiger charge is 2.16. The van der Waals surface area contributed by atoms with Gasteiger partial charge in [0.1, 0.15) is 0 Å². The highest BCUT2D eigenvalue weighted by molar-refractivity contribution is 7.89. The van der Waals surface area contributed by atoms with Gasteiger partial charge in [0.2, 0.25) is 10.0 Å². The van der Waals surface area contributed by atoms with Crippen molar-refractivity contribution in [1.82, 2.24) is 5.32 Å². The molecule has 34 heavy (non-hydrogen) atoms. The highest BCUT2D eigenvalue weighted by Crippen LogP contribution is 2.16. The van der Waals surface area contributed by atoms with Gasteiger partial charge < -0.3 is 15.4 Å². The first-order chi connectivity index (χ1) is 16.1. The van der Waals surface area contributed by atoms with Crippen molar-refractivity contribution in [2.45, 2.75) is 18.4 Å². The molecule has 2 amide bonds. The van der Waals surface area contributed by atoms with Crippen LogP contribution in [-0.4, -0.2) is 32.8 Å². The van der Waals surface area contributed by atoms with Crippen LogP contribution in [0.2, 0.25) is 0 Å². The van der Waals surface area contributed by atoms with Gasteiger partial charge in [-0.25, -0.2) is 18.4 Å². The molecule has 0 saturated carbocycles. The summed E-state index contributed by atoms with van der Waals surface area (Å²) in [6.45, 7) is 1.70. The quantitative estimate of drug-likeness (QED) is 0.421. The molecule has 0 unspecified atom stereocenters. The third-order valence-electron chi connectivity index (χ3n) is 4.77. The molecule has 0 atom stereocenters. The fourth-order valence-corrected chi connectivity index (χ4v) is 3.47. The average Bonchev–Trinajstić information content (AvgIpc) is 2.82. The standard InChI is InChI=1S/C24H23N3O6S/c1-16-6-8-17(9-7-16)14-26-23(29)20-4-2-3-5-21(20)27-22(28)15-33-24(30)18-10-12-19(13-11-18)34(25,31)32/h2-13H,14-15H2,1H3,(H,26,29)(H,27,28)(H2,25,31,32). The number of aryl methyl sites for hydroxylation is 1. The Morgan fingerprint density at radius 1 is 0.912 bits per heavy atom. The number of anilines is 1. The van der Waals surface area contributed by atoms with E-state index in [0.717, 1.165) is 23.3 Å². The lowest BCUT2D eigenvalue weighted by atomic mass is 10.1. The van der Waals surface area contributed by atoms with Crippen molar-refractivity contribution in [3.63, 3.8) is 0 Å². The topological polar surface area (TPSA) is 145 Å². The molecule has 0 bridgehead atoms. The molecule has 10 heteroatoms. The number of nitrogens with two attached hydrogens (primary N) is 1. The number of ether oxygens (including phenoxy) is 1. The Morgan fingerprint density at radius 2 is 1.56 bits per heavy atom. The van der Waals surface area contributed by atoms with Gasteiger partial charge in [0.05, 0.1) is 21.7 Å². The molecule has 0 aliphatic heterocycles. The van der Waals surface area contributed by atoms with E-state index >= 15 is 0 Å². The summed E-state index contributed by atoms with van der Waals surface area (Å²) in [7, 11) is -3.89. The van der Waals surface area contributed by atoms with E-state index < -0.39 is 28.5 Å². The summed E-state index contributed by atoms with van der Waals surface area (Å²) >= 11 is 0. The number of primary sulfonamides is 1. The SMILES string of the molecule is Cc1ccc(CNC(=O)c2ccccc2NC(=O)COC(=O)c2ccc(S(N)(=O)=O)cc2)cc1. The maximum absolute atomic E-state index is 12.6. The third kappa shape index (κ3) is 6.74. The summed E-state index contributed by atoms with van der Waals surface area (Å²) in [5.74, 6) is -1.84. The van der Waals surface area contributed by atoms with Crippen LogP contribution in [0.4, 0.5) is 5.69 Å². The molecule has 0 spiro atoms. The Hall–Kier alpha value is -4.02. The molecule has 0 heterocycles. The predicted molar refractivity (Wildman–Crippen MR) is 126 cm³/mol. The van der Waals surface area contributed by atoms with E-state index in [9.17, 15) is 22.8 Å². The first-order valence-corrected chi connectivity index (χ1v) is 11.7. The van der Waals surface area contributed by atoms with Crippen LogP contribution in [0.3, 0.4) is 0 Å². The summed E-state index contributed by atoms with van der Waals surface area (Å²) in [5, 5.41) is 10.4. The predicted octanol–water partition coefficient (Wildman–Crippen LogP) is 2.37. The second-order valence-corrected chi connectivity index (χ2v) is 8.97. The van der Waals surface area contributed by atoms with Crippen LogP contribution in [0.15, 0.2) is 77.7 Å². The number of nitrogens with one attached hydrogen (secondary N) is 2. The maximum atomic E-state index is 12.6. The Balaban J connectivity index is 1.57. The van der Waals surface area contributed by atoms with E-state index in [0.29, 0.717) is 6.54 Å². The number of carbonyl (C=O) groups is 3. The zero-order chi connectivity index (χ0) is 24.7. The molecule has 3 rings (SSSR count). The van der Waals surface area contributed by atoms with E-state index in [1.165, 1.54) is 12.1 Å². The van der Waals surface area contributed by atoms with Gasteiger partial charge in [-0.15, -0.1) is 0 Å². The normalized spacial score (nSPS) is 10.9. The summed E-state index contributed by atoms with van der Waals surface area (Å²) in [6.07, 6.45) is 0. The van der Waals surface area contributed by atoms with Crippen molar-refractivity contribution in [3.05, 3.63) is 95.1 Å². The maximum Gasteiger partial charge on any atom is 0.338 e. The van der Waals surface area contributed by atoms with E-state index in [4.69, 9.17) is 9.88 Å². The molecule has 0 saturated heterocycles. The molecule has 0 aliphatic rings. The van der Waals surface area contributed by atoms with Gasteiger partial charge in [0.25, 0.3) is 11.8 Å². The van der Waals surface area contributed by atoms with Gasteiger partial charge in [0, 0.05) is 6.54 Å². The molecule has 9 nitrogen and oxygen atoms in total. The van der Waals surface area contributed by atoms with Crippen LogP contribution < -0.4 is 15.8 Å². The summed E-state index contributed by atoms with van der Waals surface area (Å²) < 4.78 is 27.5. The van der Waals surface area contributed by atoms with Crippen molar-refractivity contribution in [2.24, 2.45) is 5.14 Å². The van der Waals surface area contributed by atoms with Crippen LogP contribution in [0, 0.1) is 6.92 Å². The Bertz CT molecular complexity index is 1300. The van der Waals surface area contributed by atoms with Crippen molar-refractivity contribution in [1.29, 1.82) is 0 Å². The lowest BCUT2D eigenvalue weighted by Gasteiger charge is -2.12. The van der Waals surface area contributed by atoms with Gasteiger partial charge in [0.15, 0.2) is 6.61 Å². The molecule has 4 N–H and O–H groups in total. The number of sulfonamides is 1. The number of amides is 2. The van der Waals surface area contributed by atoms with Gasteiger partial charge in [-0.2, -0.15) is 0 Å². The first kappa shape index (κ1) is 24.6. The summed E-state index contributed by atoms with van der Waals surface area (Å²) in [4.78, 5) is 36.9. The second-order valence-electron chi connectivity index (χ2n) is 7.41. The molecule has 176 valence electrons. The van der Waals surface area contributed by atoms with Crippen LogP contribution in [0.1, 0.15) is 31.8 Å². The molecule has 3 aromatic rings. The Morgan fingerprint density at radius 3 is 2.21 bits per heavy atom. The van der Waals surface area contributed by atoms with Gasteiger partial charge >= 0.3 is 5.97 Å². The number of rotatable bonds is 8. The monoisotopic (exact) mass is 481 g/mol. The van der Waals surface area contributed by atoms with E-state index in [1.807, 2.05) is 31.2 Å². The van der Waals surface area contributed by atoms with Crippen molar-refractivity contribution >= 4 is 33.5 Å². The van der Waals surface area contributed by atoms with E-state index in [1.54, 1.807) is 24.3 Å². The van der Waals surface area contributed by atoms with Crippen LogP contribution in [-0.2, 0) is 26.1 Å². The number of esters is 1. The summed E-state index contributed by atoms with van der Waals surface area (Å²) in [5.41, 5.74) is 2.63. The number of carbonyl (C=O) groups excluding carboxylic acids is 3. The molecule has 0 radical (unpaired) electrons. The first-order valence-electron chi connectivity index (χ1n) is 10.2. The smallest absolute Gasteiger partial charge is 0.338 e. The minimum absolute atomic E-state index is 0.0519. The highest BCUT2D eigenvalue weighted by atomic mass is 32.2. The van der Waals surface area contributed by atoms with E-state index in [-0.39, 0.29) is 27.6 Å². The molecular formula is C24H23N3O6S. The second kappa shape index (κ2) is 10.7. The largest absolute Gasteiger partial charge is 0.452 e. The zero-order valence-corrected chi connectivity index (χ0v) is 19.1. The lowest BCUT2D eigenvalue weighted by molar-refractivity contribution is -0.119. The van der Waals surface area contributed by atoms with Crippen molar-refractivity contribution < 1.29 is 27.5 Å². The van der Waals surface area contributed by atoms with E-state index in [2.05, 4.69) is 10.6 Å². The molecule has 0 fully saturated rings. The van der Waals surface area contributed by atoms with Gasteiger partial charge in [-0.3, -0.25) is 9.59 Å². The Labute approximate surface area is 197 Å². The molecule has 0 aromatic heterocycles. The van der Waals surface area contributed by atoms with Crippen molar-refractivity contribution in [2.75, 3.05) is 11.9 Å². The minimum atomic E-state index is -3.89. The lowest BCUT2D eigenvalue weighted by Crippen LogP contribution is -2.26. The number of hydrogen-bond acceptors (Lipinski definition) is 6. The minimum Gasteiger partial charge on any atom is -0.452 e. The van der Waals surface area contributed by atoms with Crippen LogP contribution in [0.5, 0.6) is 0 Å². The van der Waals surface area contributed by atoms with Gasteiger partial charge in [-0.05, 0) is 48.9 Å². The fraction of sp³-hybridized carbons (Fsp3) is 0.125.